The van der Waals surface area contributed by atoms with E-state index in [1.54, 1.807) is 0 Å². The summed E-state index contributed by atoms with van der Waals surface area (Å²) in [5, 5.41) is 9.10. The Morgan fingerprint density at radius 2 is 1.83 bits per heavy atom. The highest BCUT2D eigenvalue weighted by Gasteiger charge is 2.06. The summed E-state index contributed by atoms with van der Waals surface area (Å²) in [5.74, 6) is 0. The highest BCUT2D eigenvalue weighted by molar-refractivity contribution is 9.10. The van der Waals surface area contributed by atoms with Crippen LogP contribution in [0.5, 0.6) is 0 Å². The molecule has 0 saturated heterocycles. The zero-order valence-electron chi connectivity index (χ0n) is 7.61. The molecule has 0 amide bonds. The van der Waals surface area contributed by atoms with E-state index in [-0.39, 0.29) is 6.61 Å². The largest absolute Gasteiger partial charge is 0.392 e. The lowest BCUT2D eigenvalue weighted by atomic mass is 9.99. The van der Waals surface area contributed by atoms with Crippen molar-refractivity contribution in [1.82, 2.24) is 0 Å². The van der Waals surface area contributed by atoms with Crippen LogP contribution in [0, 0.1) is 20.8 Å². The van der Waals surface area contributed by atoms with Crippen LogP contribution < -0.4 is 0 Å². The molecule has 0 aliphatic carbocycles. The Balaban J connectivity index is 3.40. The van der Waals surface area contributed by atoms with Crippen LogP contribution in [0.3, 0.4) is 0 Å². The van der Waals surface area contributed by atoms with Crippen LogP contribution >= 0.6 is 15.9 Å². The van der Waals surface area contributed by atoms with Gasteiger partial charge < -0.3 is 5.11 Å². The highest BCUT2D eigenvalue weighted by atomic mass is 79.9. The fourth-order valence-electron chi connectivity index (χ4n) is 1.33. The van der Waals surface area contributed by atoms with Crippen LogP contribution in [0.2, 0.25) is 0 Å². The van der Waals surface area contributed by atoms with Crippen molar-refractivity contribution in [2.24, 2.45) is 0 Å². The second-order valence-electron chi connectivity index (χ2n) is 3.06. The number of benzene rings is 1. The van der Waals surface area contributed by atoms with E-state index in [1.807, 2.05) is 19.9 Å². The quantitative estimate of drug-likeness (QED) is 0.784. The van der Waals surface area contributed by atoms with E-state index in [0.717, 1.165) is 15.6 Å². The average molecular weight is 229 g/mol. The topological polar surface area (TPSA) is 20.2 Å². The summed E-state index contributed by atoms with van der Waals surface area (Å²) in [6, 6.07) is 2.05. The smallest absolute Gasteiger partial charge is 0.0687 e. The van der Waals surface area contributed by atoms with E-state index >= 15 is 0 Å². The first-order valence-electron chi connectivity index (χ1n) is 3.94. The maximum Gasteiger partial charge on any atom is 0.0687 e. The second-order valence-corrected chi connectivity index (χ2v) is 3.92. The van der Waals surface area contributed by atoms with E-state index in [0.29, 0.717) is 0 Å². The van der Waals surface area contributed by atoms with Gasteiger partial charge in [-0.25, -0.2) is 0 Å². The van der Waals surface area contributed by atoms with Gasteiger partial charge in [0.05, 0.1) is 6.61 Å². The molecule has 0 heterocycles. The fourth-order valence-corrected chi connectivity index (χ4v) is 1.97. The van der Waals surface area contributed by atoms with Gasteiger partial charge in [0.15, 0.2) is 0 Å². The van der Waals surface area contributed by atoms with Crippen molar-refractivity contribution in [1.29, 1.82) is 0 Å². The first-order valence-corrected chi connectivity index (χ1v) is 4.73. The molecule has 0 saturated carbocycles. The summed E-state index contributed by atoms with van der Waals surface area (Å²) in [5.41, 5.74) is 4.59. The summed E-state index contributed by atoms with van der Waals surface area (Å²) >= 11 is 3.48. The molecule has 0 unspecified atom stereocenters. The first-order chi connectivity index (χ1) is 5.57. The zero-order chi connectivity index (χ0) is 9.30. The summed E-state index contributed by atoms with van der Waals surface area (Å²) in [4.78, 5) is 0. The van der Waals surface area contributed by atoms with Gasteiger partial charge in [-0.15, -0.1) is 0 Å². The Hall–Kier alpha value is -0.340. The van der Waals surface area contributed by atoms with Crippen LogP contribution in [0.25, 0.3) is 0 Å². The minimum absolute atomic E-state index is 0.131. The Morgan fingerprint density at radius 3 is 2.33 bits per heavy atom. The van der Waals surface area contributed by atoms with Gasteiger partial charge >= 0.3 is 0 Å². The molecule has 2 heteroatoms. The minimum Gasteiger partial charge on any atom is -0.392 e. The third kappa shape index (κ3) is 1.54. The molecule has 0 spiro atoms. The van der Waals surface area contributed by atoms with Crippen LogP contribution in [0.15, 0.2) is 10.5 Å². The first kappa shape index (κ1) is 9.75. The molecule has 1 rings (SSSR count). The van der Waals surface area contributed by atoms with Gasteiger partial charge in [-0.2, -0.15) is 0 Å². The van der Waals surface area contributed by atoms with E-state index in [4.69, 9.17) is 5.11 Å². The lowest BCUT2D eigenvalue weighted by molar-refractivity contribution is 0.280. The molecule has 0 radical (unpaired) electrons. The summed E-state index contributed by atoms with van der Waals surface area (Å²) in [7, 11) is 0. The van der Waals surface area contributed by atoms with Gasteiger partial charge in [-0.05, 0) is 49.1 Å². The molecule has 66 valence electrons. The summed E-state index contributed by atoms with van der Waals surface area (Å²) in [6.07, 6.45) is 0. The number of rotatable bonds is 1. The lowest BCUT2D eigenvalue weighted by Gasteiger charge is -2.11. The van der Waals surface area contributed by atoms with Gasteiger partial charge in [0, 0.05) is 4.47 Å². The number of hydrogen-bond donors (Lipinski definition) is 1. The summed E-state index contributed by atoms with van der Waals surface area (Å²) < 4.78 is 1.12. The molecule has 1 N–H and O–H groups in total. The number of hydrogen-bond acceptors (Lipinski definition) is 1. The van der Waals surface area contributed by atoms with Crippen LogP contribution in [0.1, 0.15) is 22.3 Å². The van der Waals surface area contributed by atoms with Gasteiger partial charge in [0.25, 0.3) is 0 Å². The molecular formula is C10H13BrO. The van der Waals surface area contributed by atoms with Crippen molar-refractivity contribution in [3.63, 3.8) is 0 Å². The highest BCUT2D eigenvalue weighted by Crippen LogP contribution is 2.25. The maximum atomic E-state index is 9.10. The van der Waals surface area contributed by atoms with Crippen LogP contribution in [-0.2, 0) is 6.61 Å². The van der Waals surface area contributed by atoms with E-state index < -0.39 is 0 Å². The normalized spacial score (nSPS) is 10.4. The lowest BCUT2D eigenvalue weighted by Crippen LogP contribution is -1.96. The average Bonchev–Trinajstić information content (AvgIpc) is 2.01. The predicted molar refractivity (Wildman–Crippen MR) is 54.3 cm³/mol. The SMILES string of the molecule is Cc1cc(Br)c(C)c(C)c1CO. The van der Waals surface area contributed by atoms with Crippen LogP contribution in [-0.4, -0.2) is 5.11 Å². The maximum absolute atomic E-state index is 9.10. The van der Waals surface area contributed by atoms with Gasteiger partial charge in [0.2, 0.25) is 0 Å². The third-order valence-electron chi connectivity index (χ3n) is 2.35. The Bertz CT molecular complexity index is 305. The fraction of sp³-hybridized carbons (Fsp3) is 0.400. The standard InChI is InChI=1S/C10H13BrO/c1-6-4-10(11)8(3)7(2)9(6)5-12/h4,12H,5H2,1-3H3. The Kier molecular flexibility index (Phi) is 2.91. The third-order valence-corrected chi connectivity index (χ3v) is 3.17. The van der Waals surface area contributed by atoms with Crippen LogP contribution in [0.4, 0.5) is 0 Å². The molecule has 1 aromatic carbocycles. The Morgan fingerprint density at radius 1 is 1.25 bits per heavy atom. The molecule has 0 aliphatic heterocycles. The monoisotopic (exact) mass is 228 g/mol. The molecule has 0 bridgehead atoms. The molecule has 0 aromatic heterocycles. The van der Waals surface area contributed by atoms with Crippen molar-refractivity contribution in [2.45, 2.75) is 27.4 Å². The molecule has 0 atom stereocenters. The van der Waals surface area contributed by atoms with E-state index in [2.05, 4.69) is 22.9 Å². The second kappa shape index (κ2) is 3.58. The number of aliphatic hydroxyl groups is 1. The van der Waals surface area contributed by atoms with E-state index in [9.17, 15) is 0 Å². The van der Waals surface area contributed by atoms with E-state index in [1.165, 1.54) is 11.1 Å². The van der Waals surface area contributed by atoms with Crippen molar-refractivity contribution < 1.29 is 5.11 Å². The molecular weight excluding hydrogens is 216 g/mol. The molecule has 1 aromatic rings. The molecule has 12 heavy (non-hydrogen) atoms. The molecule has 1 nitrogen and oxygen atoms in total. The van der Waals surface area contributed by atoms with Crippen molar-refractivity contribution in [3.05, 3.63) is 32.8 Å². The van der Waals surface area contributed by atoms with Gasteiger partial charge in [-0.3, -0.25) is 0 Å². The Labute approximate surface area is 81.6 Å². The number of aliphatic hydroxyl groups excluding tert-OH is 1. The molecule has 0 fully saturated rings. The van der Waals surface area contributed by atoms with Crippen molar-refractivity contribution in [2.75, 3.05) is 0 Å². The number of aryl methyl sites for hydroxylation is 1. The molecule has 0 aliphatic rings. The van der Waals surface area contributed by atoms with Gasteiger partial charge in [0.1, 0.15) is 0 Å². The minimum atomic E-state index is 0.131. The zero-order valence-corrected chi connectivity index (χ0v) is 9.20. The van der Waals surface area contributed by atoms with Crippen molar-refractivity contribution in [3.8, 4) is 0 Å². The van der Waals surface area contributed by atoms with Crippen molar-refractivity contribution >= 4 is 15.9 Å². The predicted octanol–water partition coefficient (Wildman–Crippen LogP) is 2.87. The number of halogens is 1. The summed E-state index contributed by atoms with van der Waals surface area (Å²) in [6.45, 7) is 6.24. The van der Waals surface area contributed by atoms with Gasteiger partial charge in [-0.1, -0.05) is 15.9 Å².